The number of anilines is 1. The van der Waals surface area contributed by atoms with Gasteiger partial charge in [0.15, 0.2) is 0 Å². The molecule has 8 heteroatoms. The highest BCUT2D eigenvalue weighted by atomic mass is 35.5. The number of benzene rings is 2. The van der Waals surface area contributed by atoms with Crippen molar-refractivity contribution in [1.29, 1.82) is 0 Å². The number of hydrogen-bond donors (Lipinski definition) is 1. The predicted molar refractivity (Wildman–Crippen MR) is 84.6 cm³/mol. The molecule has 0 amide bonds. The lowest BCUT2D eigenvalue weighted by Crippen LogP contribution is -2.33. The number of carbonyl (C=O) groups is 1. The van der Waals surface area contributed by atoms with Gasteiger partial charge in [0.2, 0.25) is 0 Å². The first-order valence-electron chi connectivity index (χ1n) is 6.57. The summed E-state index contributed by atoms with van der Waals surface area (Å²) in [6.07, 6.45) is -0.457. The highest BCUT2D eigenvalue weighted by molar-refractivity contribution is 7.92. The third-order valence-corrected chi connectivity index (χ3v) is 5.13. The Kier molecular flexibility index (Phi) is 5.23. The smallest absolute Gasteiger partial charge is 0.305 e. The molecule has 23 heavy (non-hydrogen) atoms. The molecule has 1 N–H and O–H groups in total. The predicted octanol–water partition coefficient (Wildman–Crippen LogP) is 3.15. The maximum atomic E-state index is 14.0. The molecule has 0 aliphatic heterocycles. The Hall–Kier alpha value is -2.12. The van der Waals surface area contributed by atoms with Gasteiger partial charge in [0.05, 0.1) is 17.0 Å². The Morgan fingerprint density at radius 2 is 1.74 bits per heavy atom. The van der Waals surface area contributed by atoms with Crippen LogP contribution in [0.3, 0.4) is 0 Å². The van der Waals surface area contributed by atoms with Crippen molar-refractivity contribution in [3.63, 3.8) is 0 Å². The van der Waals surface area contributed by atoms with E-state index in [-0.39, 0.29) is 17.1 Å². The molecule has 0 fully saturated rings. The second-order valence-corrected chi connectivity index (χ2v) is 6.92. The van der Waals surface area contributed by atoms with Crippen molar-refractivity contribution in [3.05, 3.63) is 59.4 Å². The second-order valence-electron chi connectivity index (χ2n) is 4.63. The van der Waals surface area contributed by atoms with E-state index in [1.165, 1.54) is 42.5 Å². The fourth-order valence-corrected chi connectivity index (χ4v) is 3.55. The SMILES string of the molecule is O=C(O)CCN(c1ccccc1F)S(=O)(=O)c1ccc(Cl)cc1. The van der Waals surface area contributed by atoms with E-state index >= 15 is 0 Å². The van der Waals surface area contributed by atoms with Crippen LogP contribution in [0.4, 0.5) is 10.1 Å². The van der Waals surface area contributed by atoms with E-state index < -0.39 is 28.2 Å². The van der Waals surface area contributed by atoms with E-state index in [4.69, 9.17) is 16.7 Å². The van der Waals surface area contributed by atoms with E-state index in [2.05, 4.69) is 0 Å². The monoisotopic (exact) mass is 357 g/mol. The molecule has 0 aromatic heterocycles. The van der Waals surface area contributed by atoms with E-state index in [1.54, 1.807) is 0 Å². The van der Waals surface area contributed by atoms with Crippen molar-refractivity contribution < 1.29 is 22.7 Å². The Labute approximate surface area is 138 Å². The first-order chi connectivity index (χ1) is 10.8. The van der Waals surface area contributed by atoms with Crippen LogP contribution >= 0.6 is 11.6 Å². The molecule has 0 bridgehead atoms. The van der Waals surface area contributed by atoms with Gasteiger partial charge >= 0.3 is 5.97 Å². The van der Waals surface area contributed by atoms with Gasteiger partial charge in [-0.3, -0.25) is 9.10 Å². The van der Waals surface area contributed by atoms with Gasteiger partial charge in [0.1, 0.15) is 5.82 Å². The van der Waals surface area contributed by atoms with Crippen LogP contribution in [0.15, 0.2) is 53.4 Å². The largest absolute Gasteiger partial charge is 0.481 e. The molecule has 122 valence electrons. The van der Waals surface area contributed by atoms with Gasteiger partial charge < -0.3 is 5.11 Å². The first-order valence-corrected chi connectivity index (χ1v) is 8.39. The standard InChI is InChI=1S/C15H13ClFNO4S/c16-11-5-7-12(8-6-11)23(21,22)18(10-9-15(19)20)14-4-2-1-3-13(14)17/h1-8H,9-10H2,(H,19,20). The summed E-state index contributed by atoms with van der Waals surface area (Å²) in [7, 11) is -4.12. The van der Waals surface area contributed by atoms with Crippen molar-refractivity contribution in [2.75, 3.05) is 10.8 Å². The molecule has 2 aromatic carbocycles. The first kappa shape index (κ1) is 17.2. The fourth-order valence-electron chi connectivity index (χ4n) is 1.96. The minimum absolute atomic E-state index is 0.101. The van der Waals surface area contributed by atoms with E-state index in [0.29, 0.717) is 5.02 Å². The Bertz CT molecular complexity index is 808. The number of carboxylic acids is 1. The fraction of sp³-hybridized carbons (Fsp3) is 0.133. The lowest BCUT2D eigenvalue weighted by Gasteiger charge is -2.24. The number of nitrogens with zero attached hydrogens (tertiary/aromatic N) is 1. The lowest BCUT2D eigenvalue weighted by molar-refractivity contribution is -0.136. The van der Waals surface area contributed by atoms with Gasteiger partial charge in [0.25, 0.3) is 10.0 Å². The molecule has 2 aromatic rings. The Morgan fingerprint density at radius 1 is 1.13 bits per heavy atom. The molecule has 0 saturated carbocycles. The van der Waals surface area contributed by atoms with Crippen molar-refractivity contribution >= 4 is 33.3 Å². The number of aliphatic carboxylic acids is 1. The van der Waals surface area contributed by atoms with Crippen molar-refractivity contribution in [1.82, 2.24) is 0 Å². The average molecular weight is 358 g/mol. The highest BCUT2D eigenvalue weighted by Crippen LogP contribution is 2.27. The van der Waals surface area contributed by atoms with Gasteiger partial charge in [-0.2, -0.15) is 0 Å². The summed E-state index contributed by atoms with van der Waals surface area (Å²) in [4.78, 5) is 10.7. The normalized spacial score (nSPS) is 11.2. The number of halogens is 2. The molecule has 0 saturated heterocycles. The lowest BCUT2D eigenvalue weighted by atomic mass is 10.3. The number of rotatable bonds is 6. The van der Waals surface area contributed by atoms with Crippen molar-refractivity contribution in [2.45, 2.75) is 11.3 Å². The zero-order valence-corrected chi connectivity index (χ0v) is 13.4. The molecule has 0 radical (unpaired) electrons. The van der Waals surface area contributed by atoms with Crippen molar-refractivity contribution in [2.24, 2.45) is 0 Å². The summed E-state index contributed by atoms with van der Waals surface area (Å²) in [6, 6.07) is 10.6. The quantitative estimate of drug-likeness (QED) is 0.861. The van der Waals surface area contributed by atoms with Gasteiger partial charge in [-0.15, -0.1) is 0 Å². The van der Waals surface area contributed by atoms with Crippen LogP contribution in [-0.4, -0.2) is 26.0 Å². The van der Waals surface area contributed by atoms with Crippen LogP contribution in [0, 0.1) is 5.82 Å². The number of para-hydroxylation sites is 1. The van der Waals surface area contributed by atoms with Crippen LogP contribution in [0.5, 0.6) is 0 Å². The number of carboxylic acid groups (broad SMARTS) is 1. The van der Waals surface area contributed by atoms with E-state index in [0.717, 1.165) is 10.4 Å². The molecule has 0 aliphatic carbocycles. The molecule has 0 heterocycles. The molecule has 0 aliphatic rings. The maximum absolute atomic E-state index is 14.0. The third-order valence-electron chi connectivity index (χ3n) is 3.05. The Morgan fingerprint density at radius 3 is 2.30 bits per heavy atom. The molecule has 0 unspecified atom stereocenters. The minimum Gasteiger partial charge on any atom is -0.481 e. The topological polar surface area (TPSA) is 74.7 Å². The van der Waals surface area contributed by atoms with Crippen LogP contribution in [0.2, 0.25) is 5.02 Å². The zero-order chi connectivity index (χ0) is 17.0. The molecule has 0 atom stereocenters. The molecular weight excluding hydrogens is 345 g/mol. The summed E-state index contributed by atoms with van der Waals surface area (Å²) in [5.41, 5.74) is -0.205. The number of hydrogen-bond acceptors (Lipinski definition) is 3. The molecule has 0 spiro atoms. The average Bonchev–Trinajstić information content (AvgIpc) is 2.49. The summed E-state index contributed by atoms with van der Waals surface area (Å²) in [5.74, 6) is -1.94. The van der Waals surface area contributed by atoms with E-state index in [1.807, 2.05) is 0 Å². The van der Waals surface area contributed by atoms with Gasteiger partial charge in [-0.1, -0.05) is 23.7 Å². The van der Waals surface area contributed by atoms with E-state index in [9.17, 15) is 17.6 Å². The summed E-state index contributed by atoms with van der Waals surface area (Å²) < 4.78 is 40.2. The van der Waals surface area contributed by atoms with Crippen LogP contribution in [0.1, 0.15) is 6.42 Å². The third kappa shape index (κ3) is 4.00. The van der Waals surface area contributed by atoms with Crippen LogP contribution in [-0.2, 0) is 14.8 Å². The van der Waals surface area contributed by atoms with Gasteiger partial charge in [-0.05, 0) is 36.4 Å². The van der Waals surface area contributed by atoms with Gasteiger partial charge in [0, 0.05) is 11.6 Å². The van der Waals surface area contributed by atoms with Gasteiger partial charge in [-0.25, -0.2) is 12.8 Å². The second kappa shape index (κ2) is 6.97. The Balaban J connectivity index is 2.50. The molecular formula is C15H13ClFNO4S. The summed E-state index contributed by atoms with van der Waals surface area (Å²) in [6.45, 7) is -0.388. The summed E-state index contributed by atoms with van der Waals surface area (Å²) >= 11 is 5.74. The highest BCUT2D eigenvalue weighted by Gasteiger charge is 2.27. The minimum atomic E-state index is -4.12. The van der Waals surface area contributed by atoms with Crippen molar-refractivity contribution in [3.8, 4) is 0 Å². The number of sulfonamides is 1. The zero-order valence-electron chi connectivity index (χ0n) is 11.8. The van der Waals surface area contributed by atoms with Crippen LogP contribution in [0.25, 0.3) is 0 Å². The molecule has 2 rings (SSSR count). The molecule has 5 nitrogen and oxygen atoms in total. The maximum Gasteiger partial charge on any atom is 0.305 e. The van der Waals surface area contributed by atoms with Crippen LogP contribution < -0.4 is 4.31 Å². The summed E-state index contributed by atoms with van der Waals surface area (Å²) in [5, 5.41) is 9.17.